The van der Waals surface area contributed by atoms with Gasteiger partial charge in [-0.3, -0.25) is 0 Å². The number of hydrogen-bond donors (Lipinski definition) is 1. The van der Waals surface area contributed by atoms with Crippen LogP contribution in [0.5, 0.6) is 0 Å². The minimum Gasteiger partial charge on any atom is -0.463 e. The van der Waals surface area contributed by atoms with Crippen molar-refractivity contribution < 1.29 is 38.0 Å². The first-order chi connectivity index (χ1) is 17.9. The second kappa shape index (κ2) is 15.7. The molecule has 1 aromatic rings. The number of nitrogens with one attached hydrogen (secondary N) is 1. The van der Waals surface area contributed by atoms with Gasteiger partial charge in [0, 0.05) is 31.5 Å². The van der Waals surface area contributed by atoms with Crippen LogP contribution in [-0.2, 0) is 38.0 Å². The summed E-state index contributed by atoms with van der Waals surface area (Å²) < 4.78 is 34.4. The molecule has 0 aliphatic carbocycles. The standard InChI is InChI=1S/C27H38ClNO8/c1-7-32-24(30)20-19(17-15-13-14-16-18(17)28)21(25(31)33-8-2)23(27(36-11-5)37-12-6)29-22(20)26(34-9-3)35-10-4/h13-16,19,26-27,29H,7-12H2,1-6H3. The third-order valence-corrected chi connectivity index (χ3v) is 5.72. The van der Waals surface area contributed by atoms with Gasteiger partial charge in [-0.05, 0) is 53.2 Å². The molecular weight excluding hydrogens is 502 g/mol. The van der Waals surface area contributed by atoms with Crippen molar-refractivity contribution >= 4 is 23.5 Å². The maximum Gasteiger partial charge on any atom is 0.336 e. The van der Waals surface area contributed by atoms with E-state index in [9.17, 15) is 9.59 Å². The van der Waals surface area contributed by atoms with E-state index >= 15 is 0 Å². The molecule has 10 heteroatoms. The Kier molecular flexibility index (Phi) is 13.1. The minimum atomic E-state index is -0.982. The molecule has 1 aliphatic rings. The van der Waals surface area contributed by atoms with Gasteiger partial charge in [0.15, 0.2) is 12.6 Å². The highest BCUT2D eigenvalue weighted by Gasteiger charge is 2.45. The zero-order valence-corrected chi connectivity index (χ0v) is 23.2. The number of ether oxygens (including phenoxy) is 6. The average Bonchev–Trinajstić information content (AvgIpc) is 2.88. The van der Waals surface area contributed by atoms with Gasteiger partial charge in [0.1, 0.15) is 0 Å². The molecule has 1 aromatic carbocycles. The molecule has 206 valence electrons. The molecular formula is C27H38ClNO8. The fraction of sp³-hybridized carbons (Fsp3) is 0.556. The third-order valence-electron chi connectivity index (χ3n) is 5.38. The normalized spacial score (nSPS) is 14.4. The predicted molar refractivity (Wildman–Crippen MR) is 139 cm³/mol. The van der Waals surface area contributed by atoms with Crippen molar-refractivity contribution in [3.05, 3.63) is 57.4 Å². The molecule has 0 bridgehead atoms. The minimum absolute atomic E-state index is 0.116. The molecule has 0 radical (unpaired) electrons. The topological polar surface area (TPSA) is 102 Å². The zero-order valence-electron chi connectivity index (χ0n) is 22.4. The Labute approximate surface area is 224 Å². The Bertz CT molecular complexity index is 911. The number of carbonyl (C=O) groups is 2. The van der Waals surface area contributed by atoms with Gasteiger partial charge in [-0.15, -0.1) is 0 Å². The number of hydrogen-bond acceptors (Lipinski definition) is 9. The first-order valence-corrected chi connectivity index (χ1v) is 13.1. The van der Waals surface area contributed by atoms with Gasteiger partial charge in [-0.1, -0.05) is 29.8 Å². The molecule has 0 unspecified atom stereocenters. The van der Waals surface area contributed by atoms with Crippen molar-refractivity contribution in [3.8, 4) is 0 Å². The molecule has 0 saturated heterocycles. The Morgan fingerprint density at radius 2 is 1.14 bits per heavy atom. The average molecular weight is 540 g/mol. The van der Waals surface area contributed by atoms with Gasteiger partial charge in [0.05, 0.1) is 41.7 Å². The largest absolute Gasteiger partial charge is 0.463 e. The molecule has 1 heterocycles. The van der Waals surface area contributed by atoms with E-state index in [1.54, 1.807) is 38.1 Å². The zero-order chi connectivity index (χ0) is 27.4. The fourth-order valence-electron chi connectivity index (χ4n) is 4.04. The first-order valence-electron chi connectivity index (χ1n) is 12.7. The number of halogens is 1. The van der Waals surface area contributed by atoms with Crippen LogP contribution in [0, 0.1) is 0 Å². The summed E-state index contributed by atoms with van der Waals surface area (Å²) in [7, 11) is 0. The summed E-state index contributed by atoms with van der Waals surface area (Å²) in [5.41, 5.74) is 1.31. The van der Waals surface area contributed by atoms with E-state index in [0.717, 1.165) is 0 Å². The van der Waals surface area contributed by atoms with Crippen LogP contribution in [-0.4, -0.2) is 64.2 Å². The summed E-state index contributed by atoms with van der Waals surface area (Å²) in [6, 6.07) is 6.98. The molecule has 0 spiro atoms. The summed E-state index contributed by atoms with van der Waals surface area (Å²) in [5, 5.41) is 3.56. The van der Waals surface area contributed by atoms with Crippen LogP contribution in [0.25, 0.3) is 0 Å². The van der Waals surface area contributed by atoms with Gasteiger partial charge in [-0.2, -0.15) is 0 Å². The van der Waals surface area contributed by atoms with Crippen molar-refractivity contribution in [3.63, 3.8) is 0 Å². The molecule has 0 fully saturated rings. The monoisotopic (exact) mass is 539 g/mol. The van der Waals surface area contributed by atoms with Crippen LogP contribution < -0.4 is 5.32 Å². The first kappa shape index (κ1) is 30.8. The highest BCUT2D eigenvalue weighted by atomic mass is 35.5. The predicted octanol–water partition coefficient (Wildman–Crippen LogP) is 4.46. The summed E-state index contributed by atoms with van der Waals surface area (Å²) in [4.78, 5) is 27.1. The van der Waals surface area contributed by atoms with E-state index in [2.05, 4.69) is 5.32 Å². The molecule has 37 heavy (non-hydrogen) atoms. The summed E-state index contributed by atoms with van der Waals surface area (Å²) in [6.45, 7) is 12.1. The summed E-state index contributed by atoms with van der Waals surface area (Å²) in [6.07, 6.45) is -1.94. The smallest absolute Gasteiger partial charge is 0.336 e. The van der Waals surface area contributed by atoms with E-state index in [4.69, 9.17) is 40.0 Å². The van der Waals surface area contributed by atoms with Crippen molar-refractivity contribution in [2.24, 2.45) is 0 Å². The molecule has 9 nitrogen and oxygen atoms in total. The Hall–Kier alpha value is -2.43. The summed E-state index contributed by atoms with van der Waals surface area (Å²) >= 11 is 6.66. The van der Waals surface area contributed by atoms with E-state index in [0.29, 0.717) is 37.0 Å². The molecule has 0 atom stereocenters. The van der Waals surface area contributed by atoms with E-state index in [-0.39, 0.29) is 35.8 Å². The SMILES string of the molecule is CCOC(=O)C1=C(C(OCC)OCC)NC(C(OCC)OCC)=C(C(=O)OCC)C1c1ccccc1Cl. The number of dihydropyridines is 1. The van der Waals surface area contributed by atoms with Crippen LogP contribution in [0.3, 0.4) is 0 Å². The Balaban J connectivity index is 3.00. The fourth-order valence-corrected chi connectivity index (χ4v) is 4.28. The number of esters is 2. The lowest BCUT2D eigenvalue weighted by molar-refractivity contribution is -0.143. The number of carbonyl (C=O) groups excluding carboxylic acids is 2. The van der Waals surface area contributed by atoms with Gasteiger partial charge in [-0.25, -0.2) is 9.59 Å². The quantitative estimate of drug-likeness (QED) is 0.255. The van der Waals surface area contributed by atoms with Crippen molar-refractivity contribution in [2.45, 2.75) is 60.0 Å². The van der Waals surface area contributed by atoms with Gasteiger partial charge in [0.25, 0.3) is 0 Å². The molecule has 1 aliphatic heterocycles. The Morgan fingerprint density at radius 3 is 1.49 bits per heavy atom. The second-order valence-corrected chi connectivity index (χ2v) is 8.07. The van der Waals surface area contributed by atoms with Crippen LogP contribution in [0.15, 0.2) is 46.8 Å². The van der Waals surface area contributed by atoms with E-state index < -0.39 is 30.4 Å². The van der Waals surface area contributed by atoms with Gasteiger partial charge in [0.2, 0.25) is 0 Å². The lowest BCUT2D eigenvalue weighted by Crippen LogP contribution is -2.44. The second-order valence-electron chi connectivity index (χ2n) is 7.66. The maximum absolute atomic E-state index is 13.6. The van der Waals surface area contributed by atoms with Crippen LogP contribution in [0.4, 0.5) is 0 Å². The van der Waals surface area contributed by atoms with Crippen molar-refractivity contribution in [1.29, 1.82) is 0 Å². The van der Waals surface area contributed by atoms with E-state index in [1.807, 2.05) is 27.7 Å². The van der Waals surface area contributed by atoms with Gasteiger partial charge >= 0.3 is 11.9 Å². The highest BCUT2D eigenvalue weighted by molar-refractivity contribution is 6.31. The van der Waals surface area contributed by atoms with Crippen molar-refractivity contribution in [1.82, 2.24) is 5.32 Å². The maximum atomic E-state index is 13.6. The summed E-state index contributed by atoms with van der Waals surface area (Å²) in [5.74, 6) is -2.28. The van der Waals surface area contributed by atoms with Crippen LogP contribution in [0.2, 0.25) is 5.02 Å². The van der Waals surface area contributed by atoms with Gasteiger partial charge < -0.3 is 33.7 Å². The molecule has 0 aromatic heterocycles. The number of benzene rings is 1. The lowest BCUT2D eigenvalue weighted by atomic mass is 9.79. The number of rotatable bonds is 15. The van der Waals surface area contributed by atoms with E-state index in [1.165, 1.54) is 0 Å². The molecule has 1 N–H and O–H groups in total. The van der Waals surface area contributed by atoms with Crippen LogP contribution >= 0.6 is 11.6 Å². The molecule has 2 rings (SSSR count). The highest BCUT2D eigenvalue weighted by Crippen LogP contribution is 2.44. The molecule has 0 amide bonds. The third kappa shape index (κ3) is 7.55. The lowest BCUT2D eigenvalue weighted by Gasteiger charge is -2.37. The molecule has 0 saturated carbocycles. The van der Waals surface area contributed by atoms with Crippen molar-refractivity contribution in [2.75, 3.05) is 39.6 Å². The van der Waals surface area contributed by atoms with Crippen LogP contribution in [0.1, 0.15) is 53.0 Å². The Morgan fingerprint density at radius 1 is 0.730 bits per heavy atom.